The minimum Gasteiger partial charge on any atom is -0.323 e. The van der Waals surface area contributed by atoms with Crippen LogP contribution in [-0.2, 0) is 9.59 Å². The second-order valence-electron chi connectivity index (χ2n) is 5.89. The molecule has 0 unspecified atom stereocenters. The summed E-state index contributed by atoms with van der Waals surface area (Å²) in [6.45, 7) is 5.39. The summed E-state index contributed by atoms with van der Waals surface area (Å²) < 4.78 is 14.0. The number of para-hydroxylation sites is 1. The summed E-state index contributed by atoms with van der Waals surface area (Å²) in [5.74, 6) is -0.928. The Morgan fingerprint density at radius 2 is 1.92 bits per heavy atom. The highest BCUT2D eigenvalue weighted by atomic mass is 32.2. The molecule has 0 aliphatic rings. The van der Waals surface area contributed by atoms with Gasteiger partial charge in [0, 0.05) is 5.41 Å². The van der Waals surface area contributed by atoms with Gasteiger partial charge in [0.05, 0.1) is 11.4 Å². The van der Waals surface area contributed by atoms with Gasteiger partial charge in [-0.3, -0.25) is 9.59 Å². The summed E-state index contributed by atoms with van der Waals surface area (Å²) >= 11 is 2.35. The van der Waals surface area contributed by atoms with Crippen LogP contribution in [0.5, 0.6) is 0 Å². The third-order valence-electron chi connectivity index (χ3n) is 2.78. The van der Waals surface area contributed by atoms with E-state index in [9.17, 15) is 14.0 Å². The second kappa shape index (κ2) is 7.71. The molecule has 128 valence electrons. The first-order valence-electron chi connectivity index (χ1n) is 7.08. The van der Waals surface area contributed by atoms with Gasteiger partial charge in [-0.2, -0.15) is 0 Å². The average molecular weight is 368 g/mol. The highest BCUT2D eigenvalue weighted by Crippen LogP contribution is 2.27. The van der Waals surface area contributed by atoms with Crippen LogP contribution in [0.25, 0.3) is 0 Å². The number of nitrogens with one attached hydrogen (secondary N) is 2. The molecule has 1 aromatic carbocycles. The van der Waals surface area contributed by atoms with Gasteiger partial charge in [0.25, 0.3) is 0 Å². The van der Waals surface area contributed by atoms with Crippen LogP contribution < -0.4 is 10.6 Å². The predicted molar refractivity (Wildman–Crippen MR) is 93.7 cm³/mol. The molecular formula is C15H17FN4O2S2. The Hall–Kier alpha value is -2.00. The SMILES string of the molecule is CC(C)(C)C(=O)Nc1nnc(SCC(=O)Nc2ccccc2F)s1. The van der Waals surface area contributed by atoms with Gasteiger partial charge in [-0.05, 0) is 12.1 Å². The number of carbonyl (C=O) groups is 2. The van der Waals surface area contributed by atoms with Crippen molar-refractivity contribution in [1.29, 1.82) is 0 Å². The Labute approximate surface area is 147 Å². The largest absolute Gasteiger partial charge is 0.323 e. The molecule has 1 aromatic heterocycles. The number of hydrogen-bond acceptors (Lipinski definition) is 6. The zero-order valence-corrected chi connectivity index (χ0v) is 15.1. The number of carbonyl (C=O) groups excluding carboxylic acids is 2. The van der Waals surface area contributed by atoms with E-state index in [0.717, 1.165) is 0 Å². The first-order chi connectivity index (χ1) is 11.3. The summed E-state index contributed by atoms with van der Waals surface area (Å²) in [5.41, 5.74) is -0.392. The molecule has 0 aliphatic heterocycles. The summed E-state index contributed by atoms with van der Waals surface area (Å²) in [6.07, 6.45) is 0. The van der Waals surface area contributed by atoms with Crippen molar-refractivity contribution in [3.05, 3.63) is 30.1 Å². The van der Waals surface area contributed by atoms with Crippen molar-refractivity contribution >= 4 is 45.7 Å². The van der Waals surface area contributed by atoms with Crippen molar-refractivity contribution in [3.8, 4) is 0 Å². The van der Waals surface area contributed by atoms with Crippen LogP contribution in [-0.4, -0.2) is 27.8 Å². The maximum absolute atomic E-state index is 13.5. The summed E-state index contributed by atoms with van der Waals surface area (Å²) in [4.78, 5) is 23.7. The molecule has 0 fully saturated rings. The molecule has 0 saturated carbocycles. The van der Waals surface area contributed by atoms with E-state index >= 15 is 0 Å². The lowest BCUT2D eigenvalue weighted by Gasteiger charge is -2.15. The van der Waals surface area contributed by atoms with Crippen molar-refractivity contribution in [1.82, 2.24) is 10.2 Å². The minimum atomic E-state index is -0.529. The first-order valence-corrected chi connectivity index (χ1v) is 8.88. The lowest BCUT2D eigenvalue weighted by molar-refractivity contribution is -0.123. The fraction of sp³-hybridized carbons (Fsp3) is 0.333. The van der Waals surface area contributed by atoms with Crippen LogP contribution in [0.15, 0.2) is 28.6 Å². The van der Waals surface area contributed by atoms with E-state index in [-0.39, 0.29) is 23.3 Å². The number of rotatable bonds is 5. The number of hydrogen-bond donors (Lipinski definition) is 2. The van der Waals surface area contributed by atoms with Crippen molar-refractivity contribution in [2.75, 3.05) is 16.4 Å². The molecule has 6 nitrogen and oxygen atoms in total. The summed E-state index contributed by atoms with van der Waals surface area (Å²) in [6, 6.07) is 5.95. The van der Waals surface area contributed by atoms with Crippen molar-refractivity contribution in [2.45, 2.75) is 25.1 Å². The molecule has 2 rings (SSSR count). The van der Waals surface area contributed by atoms with Gasteiger partial charge >= 0.3 is 0 Å². The third-order valence-corrected chi connectivity index (χ3v) is 4.75. The van der Waals surface area contributed by atoms with Crippen LogP contribution in [0.3, 0.4) is 0 Å². The van der Waals surface area contributed by atoms with Crippen LogP contribution >= 0.6 is 23.1 Å². The lowest BCUT2D eigenvalue weighted by Crippen LogP contribution is -2.27. The summed E-state index contributed by atoms with van der Waals surface area (Å²) in [5, 5.41) is 13.3. The molecule has 0 bridgehead atoms. The summed E-state index contributed by atoms with van der Waals surface area (Å²) in [7, 11) is 0. The monoisotopic (exact) mass is 368 g/mol. The third kappa shape index (κ3) is 5.27. The zero-order valence-electron chi connectivity index (χ0n) is 13.4. The number of amides is 2. The van der Waals surface area contributed by atoms with Gasteiger partial charge in [0.1, 0.15) is 5.82 Å². The van der Waals surface area contributed by atoms with Gasteiger partial charge in [-0.15, -0.1) is 10.2 Å². The number of halogens is 1. The van der Waals surface area contributed by atoms with E-state index in [0.29, 0.717) is 9.47 Å². The zero-order chi connectivity index (χ0) is 17.7. The van der Waals surface area contributed by atoms with Gasteiger partial charge in [-0.25, -0.2) is 4.39 Å². The normalized spacial score (nSPS) is 11.2. The number of aromatic nitrogens is 2. The molecule has 2 aromatic rings. The molecule has 0 atom stereocenters. The molecule has 1 heterocycles. The van der Waals surface area contributed by atoms with Crippen molar-refractivity contribution < 1.29 is 14.0 Å². The fourth-order valence-electron chi connectivity index (χ4n) is 1.48. The van der Waals surface area contributed by atoms with E-state index in [1.807, 2.05) is 0 Å². The standard InChI is InChI=1S/C15H17FN4O2S2/c1-15(2,3)12(22)18-13-19-20-14(24-13)23-8-11(21)17-10-7-5-4-6-9(10)16/h4-7H,8H2,1-3H3,(H,17,21)(H,18,19,22). The smallest absolute Gasteiger partial charge is 0.234 e. The predicted octanol–water partition coefficient (Wildman–Crippen LogP) is 3.39. The van der Waals surface area contributed by atoms with E-state index < -0.39 is 11.2 Å². The Kier molecular flexibility index (Phi) is 5.89. The topological polar surface area (TPSA) is 84.0 Å². The maximum Gasteiger partial charge on any atom is 0.234 e. The Morgan fingerprint density at radius 1 is 1.21 bits per heavy atom. The molecule has 24 heavy (non-hydrogen) atoms. The van der Waals surface area contributed by atoms with Gasteiger partial charge < -0.3 is 10.6 Å². The fourth-order valence-corrected chi connectivity index (χ4v) is 3.03. The molecule has 9 heteroatoms. The van der Waals surface area contributed by atoms with Crippen LogP contribution in [0.2, 0.25) is 0 Å². The minimum absolute atomic E-state index is 0.0657. The van der Waals surface area contributed by atoms with Crippen molar-refractivity contribution in [3.63, 3.8) is 0 Å². The molecule has 0 radical (unpaired) electrons. The Morgan fingerprint density at radius 3 is 2.58 bits per heavy atom. The molecule has 2 amide bonds. The van der Waals surface area contributed by atoms with E-state index in [1.165, 1.54) is 35.2 Å². The maximum atomic E-state index is 13.5. The number of benzene rings is 1. The Bertz CT molecular complexity index is 743. The Balaban J connectivity index is 1.86. The van der Waals surface area contributed by atoms with Gasteiger partial charge in [-0.1, -0.05) is 56.0 Å². The second-order valence-corrected chi connectivity index (χ2v) is 8.09. The number of anilines is 2. The van der Waals surface area contributed by atoms with Crippen molar-refractivity contribution in [2.24, 2.45) is 5.41 Å². The molecule has 2 N–H and O–H groups in total. The van der Waals surface area contributed by atoms with Crippen LogP contribution in [0.4, 0.5) is 15.2 Å². The molecule has 0 saturated heterocycles. The quantitative estimate of drug-likeness (QED) is 0.624. The lowest BCUT2D eigenvalue weighted by atomic mass is 9.96. The number of nitrogens with zero attached hydrogens (tertiary/aromatic N) is 2. The highest BCUT2D eigenvalue weighted by Gasteiger charge is 2.22. The van der Waals surface area contributed by atoms with Crippen LogP contribution in [0.1, 0.15) is 20.8 Å². The van der Waals surface area contributed by atoms with E-state index in [1.54, 1.807) is 32.9 Å². The van der Waals surface area contributed by atoms with Gasteiger partial charge in [0.15, 0.2) is 4.34 Å². The molecule has 0 spiro atoms. The molecule has 0 aliphatic carbocycles. The molecular weight excluding hydrogens is 351 g/mol. The van der Waals surface area contributed by atoms with Gasteiger partial charge in [0.2, 0.25) is 16.9 Å². The first kappa shape index (κ1) is 18.3. The van der Waals surface area contributed by atoms with E-state index in [2.05, 4.69) is 20.8 Å². The average Bonchev–Trinajstić information content (AvgIpc) is 2.94. The number of thioether (sulfide) groups is 1. The van der Waals surface area contributed by atoms with Crippen LogP contribution in [0, 0.1) is 11.2 Å². The van der Waals surface area contributed by atoms with E-state index in [4.69, 9.17) is 0 Å². The highest BCUT2D eigenvalue weighted by molar-refractivity contribution is 8.01.